The second-order valence-electron chi connectivity index (χ2n) is 2.61. The predicted molar refractivity (Wildman–Crippen MR) is 57.1 cm³/mol. The van der Waals surface area contributed by atoms with Crippen molar-refractivity contribution in [3.05, 3.63) is 37.1 Å². The number of aliphatic hydroxyl groups excluding tert-OH is 1. The molecule has 1 N–H and O–H groups in total. The summed E-state index contributed by atoms with van der Waals surface area (Å²) in [7, 11) is 0. The molecule has 0 unspecified atom stereocenters. The van der Waals surface area contributed by atoms with E-state index in [0.29, 0.717) is 13.2 Å². The van der Waals surface area contributed by atoms with Crippen molar-refractivity contribution in [3.63, 3.8) is 0 Å². The zero-order valence-corrected chi connectivity index (χ0v) is 10.7. The fourth-order valence-electron chi connectivity index (χ4n) is 0.835. The molecule has 0 fully saturated rings. The van der Waals surface area contributed by atoms with E-state index in [0.717, 1.165) is 6.42 Å². The Labute approximate surface area is 106 Å². The zero-order valence-electron chi connectivity index (χ0n) is 9.11. The minimum atomic E-state index is -0.717. The van der Waals surface area contributed by atoms with E-state index in [2.05, 4.69) is 13.2 Å². The van der Waals surface area contributed by atoms with Crippen LogP contribution in [0.5, 0.6) is 0 Å². The van der Waals surface area contributed by atoms with Crippen LogP contribution in [0, 0.1) is 0 Å². The molecule has 3 nitrogen and oxygen atoms in total. The molecule has 0 bridgehead atoms. The zero-order chi connectivity index (χ0) is 10.8. The van der Waals surface area contributed by atoms with Crippen molar-refractivity contribution in [2.75, 3.05) is 13.2 Å². The first-order chi connectivity index (χ1) is 6.76. The first kappa shape index (κ1) is 17.1. The maximum Gasteiger partial charge on any atom is 0.216 e. The van der Waals surface area contributed by atoms with Gasteiger partial charge >= 0.3 is 0 Å². The number of allylic oxidation sites excluding steroid dienone is 1. The molecule has 0 aliphatic carbocycles. The SMILES string of the molecule is C=CCOC(OCC=C)C(O)=CCC.[Ti]. The largest absolute Gasteiger partial charge is 0.507 e. The van der Waals surface area contributed by atoms with E-state index < -0.39 is 6.29 Å². The average Bonchev–Trinajstić information content (AvgIpc) is 2.18. The van der Waals surface area contributed by atoms with Crippen molar-refractivity contribution in [1.82, 2.24) is 0 Å². The Kier molecular flexibility index (Phi) is 13.3. The summed E-state index contributed by atoms with van der Waals surface area (Å²) in [5.41, 5.74) is 0. The van der Waals surface area contributed by atoms with Crippen LogP contribution in [-0.4, -0.2) is 24.6 Å². The van der Waals surface area contributed by atoms with Gasteiger partial charge in [0.25, 0.3) is 0 Å². The molecule has 0 aromatic carbocycles. The summed E-state index contributed by atoms with van der Waals surface area (Å²) in [5, 5.41) is 9.50. The van der Waals surface area contributed by atoms with Crippen LogP contribution in [0.2, 0.25) is 0 Å². The summed E-state index contributed by atoms with van der Waals surface area (Å²) >= 11 is 0. The van der Waals surface area contributed by atoms with Crippen molar-refractivity contribution in [2.24, 2.45) is 0 Å². The average molecular weight is 246 g/mol. The normalized spacial score (nSPS) is 10.9. The van der Waals surface area contributed by atoms with Gasteiger partial charge in [-0.25, -0.2) is 0 Å². The van der Waals surface area contributed by atoms with Crippen molar-refractivity contribution >= 4 is 0 Å². The van der Waals surface area contributed by atoms with Gasteiger partial charge in [0.1, 0.15) is 5.76 Å². The molecule has 0 atom stereocenters. The molecule has 0 aromatic rings. The first-order valence-corrected chi connectivity index (χ1v) is 4.60. The molecule has 0 rings (SSSR count). The van der Waals surface area contributed by atoms with E-state index >= 15 is 0 Å². The van der Waals surface area contributed by atoms with Crippen LogP contribution >= 0.6 is 0 Å². The standard InChI is InChI=1S/C11H18O3.Ti/c1-4-7-10(12)11(13-8-5-2)14-9-6-3;/h5-7,11-12H,2-4,8-9H2,1H3;. The van der Waals surface area contributed by atoms with Gasteiger partial charge in [-0.3, -0.25) is 0 Å². The quantitative estimate of drug-likeness (QED) is 0.309. The van der Waals surface area contributed by atoms with Gasteiger partial charge in [-0.15, -0.1) is 13.2 Å². The predicted octanol–water partition coefficient (Wildman–Crippen LogP) is 2.57. The molecule has 0 radical (unpaired) electrons. The molecular formula is C11H18O3Ti. The second kappa shape index (κ2) is 11.7. The molecule has 0 amide bonds. The van der Waals surface area contributed by atoms with Gasteiger partial charge in [0.15, 0.2) is 0 Å². The van der Waals surface area contributed by atoms with Crippen molar-refractivity contribution < 1.29 is 36.3 Å². The third kappa shape index (κ3) is 8.64. The van der Waals surface area contributed by atoms with Crippen LogP contribution in [0.25, 0.3) is 0 Å². The van der Waals surface area contributed by atoms with Gasteiger partial charge in [-0.2, -0.15) is 0 Å². The molecule has 0 aliphatic rings. The third-order valence-electron chi connectivity index (χ3n) is 1.39. The summed E-state index contributed by atoms with van der Waals surface area (Å²) in [5.74, 6) is 0.0937. The minimum Gasteiger partial charge on any atom is -0.507 e. The third-order valence-corrected chi connectivity index (χ3v) is 1.39. The molecule has 84 valence electrons. The molecule has 0 aromatic heterocycles. The molecule has 0 saturated carbocycles. The minimum absolute atomic E-state index is 0. The van der Waals surface area contributed by atoms with E-state index in [1.54, 1.807) is 18.2 Å². The monoisotopic (exact) mass is 246 g/mol. The molecule has 0 heterocycles. The topological polar surface area (TPSA) is 38.7 Å². The van der Waals surface area contributed by atoms with Gasteiger partial charge < -0.3 is 14.6 Å². The number of ether oxygens (including phenoxy) is 2. The fourth-order valence-corrected chi connectivity index (χ4v) is 0.835. The van der Waals surface area contributed by atoms with E-state index in [1.807, 2.05) is 6.92 Å². The van der Waals surface area contributed by atoms with Crippen LogP contribution in [-0.2, 0) is 31.2 Å². The Hall–Kier alpha value is -0.346. The number of hydrogen-bond donors (Lipinski definition) is 1. The van der Waals surface area contributed by atoms with Crippen LogP contribution in [0.4, 0.5) is 0 Å². The summed E-state index contributed by atoms with van der Waals surface area (Å²) in [6.07, 6.45) is 4.87. The second-order valence-corrected chi connectivity index (χ2v) is 2.61. The van der Waals surface area contributed by atoms with Crippen molar-refractivity contribution in [1.29, 1.82) is 0 Å². The van der Waals surface area contributed by atoms with Crippen molar-refractivity contribution in [3.8, 4) is 0 Å². The number of hydrogen-bond acceptors (Lipinski definition) is 3. The van der Waals surface area contributed by atoms with Gasteiger partial charge in [0, 0.05) is 21.7 Å². The smallest absolute Gasteiger partial charge is 0.216 e. The Balaban J connectivity index is 0. The maximum absolute atomic E-state index is 9.50. The van der Waals surface area contributed by atoms with Gasteiger partial charge in [-0.1, -0.05) is 19.1 Å². The van der Waals surface area contributed by atoms with Gasteiger partial charge in [0.05, 0.1) is 13.2 Å². The van der Waals surface area contributed by atoms with Gasteiger partial charge in [-0.05, 0) is 12.5 Å². The van der Waals surface area contributed by atoms with E-state index in [9.17, 15) is 5.11 Å². The summed E-state index contributed by atoms with van der Waals surface area (Å²) in [6.45, 7) is 9.63. The summed E-state index contributed by atoms with van der Waals surface area (Å²) in [4.78, 5) is 0. The molecule has 0 aliphatic heterocycles. The summed E-state index contributed by atoms with van der Waals surface area (Å²) in [6, 6.07) is 0. The Morgan fingerprint density at radius 1 is 1.27 bits per heavy atom. The van der Waals surface area contributed by atoms with Gasteiger partial charge in [0.2, 0.25) is 6.29 Å². The Morgan fingerprint density at radius 3 is 2.07 bits per heavy atom. The van der Waals surface area contributed by atoms with E-state index in [-0.39, 0.29) is 27.5 Å². The van der Waals surface area contributed by atoms with Crippen LogP contribution in [0.1, 0.15) is 13.3 Å². The first-order valence-electron chi connectivity index (χ1n) is 4.60. The van der Waals surface area contributed by atoms with E-state index in [4.69, 9.17) is 9.47 Å². The van der Waals surface area contributed by atoms with Crippen LogP contribution < -0.4 is 0 Å². The Morgan fingerprint density at radius 2 is 1.73 bits per heavy atom. The summed E-state index contributed by atoms with van der Waals surface area (Å²) < 4.78 is 10.4. The van der Waals surface area contributed by atoms with Crippen LogP contribution in [0.15, 0.2) is 37.1 Å². The molecule has 4 heteroatoms. The molecular weight excluding hydrogens is 228 g/mol. The maximum atomic E-state index is 9.50. The molecule has 15 heavy (non-hydrogen) atoms. The Bertz CT molecular complexity index is 190. The molecule has 0 spiro atoms. The van der Waals surface area contributed by atoms with Crippen LogP contribution in [0.3, 0.4) is 0 Å². The van der Waals surface area contributed by atoms with Crippen molar-refractivity contribution in [2.45, 2.75) is 19.6 Å². The number of rotatable bonds is 8. The van der Waals surface area contributed by atoms with E-state index in [1.165, 1.54) is 0 Å². The fraction of sp³-hybridized carbons (Fsp3) is 0.455. The number of aliphatic hydroxyl groups is 1. The molecule has 0 saturated heterocycles.